The molecule has 0 fully saturated rings. The normalized spacial score (nSPS) is 14.5. The van der Waals surface area contributed by atoms with E-state index in [0.29, 0.717) is 12.1 Å². The smallest absolute Gasteiger partial charge is 0.375 e. The fourth-order valence-electron chi connectivity index (χ4n) is 2.73. The summed E-state index contributed by atoms with van der Waals surface area (Å²) in [4.78, 5) is 16.4. The van der Waals surface area contributed by atoms with Crippen LogP contribution in [0, 0.1) is 0 Å². The molecular weight excluding hydrogens is 414 g/mol. The van der Waals surface area contributed by atoms with Crippen molar-refractivity contribution in [2.45, 2.75) is 30.9 Å². The predicted molar refractivity (Wildman–Crippen MR) is 97.7 cm³/mol. The lowest BCUT2D eigenvalue weighted by Gasteiger charge is -2.26. The number of nitrogens with zero attached hydrogens (tertiary/aromatic N) is 1. The van der Waals surface area contributed by atoms with E-state index in [2.05, 4.69) is 10.3 Å². The first-order valence-electron chi connectivity index (χ1n) is 8.63. The van der Waals surface area contributed by atoms with Gasteiger partial charge in [-0.2, -0.15) is 26.3 Å². The molecule has 0 radical (unpaired) electrons. The van der Waals surface area contributed by atoms with Crippen LogP contribution in [0.1, 0.15) is 28.7 Å². The first-order chi connectivity index (χ1) is 13.9. The molecule has 0 aliphatic rings. The summed E-state index contributed by atoms with van der Waals surface area (Å²) in [5.74, 6) is -0.987. The zero-order valence-corrected chi connectivity index (χ0v) is 15.7. The van der Waals surface area contributed by atoms with Crippen molar-refractivity contribution in [2.24, 2.45) is 4.99 Å². The highest BCUT2D eigenvalue weighted by atomic mass is 19.4. The van der Waals surface area contributed by atoms with Crippen LogP contribution in [0.5, 0.6) is 0 Å². The maximum Gasteiger partial charge on any atom is 0.416 e. The molecule has 2 rings (SSSR count). The third-order valence-corrected chi connectivity index (χ3v) is 4.30. The van der Waals surface area contributed by atoms with Gasteiger partial charge in [0.25, 0.3) is 5.91 Å². The lowest BCUT2D eigenvalue weighted by molar-refractivity contribution is -0.143. The molecule has 4 nitrogen and oxygen atoms in total. The quantitative estimate of drug-likeness (QED) is 0.528. The van der Waals surface area contributed by atoms with Gasteiger partial charge in [-0.05, 0) is 29.3 Å². The number of carbonyl (C=O) groups excluding carboxylic acids is 1. The van der Waals surface area contributed by atoms with Crippen LogP contribution in [-0.4, -0.2) is 24.3 Å². The van der Waals surface area contributed by atoms with E-state index in [0.717, 1.165) is 0 Å². The monoisotopic (exact) mass is 432 g/mol. The summed E-state index contributed by atoms with van der Waals surface area (Å²) in [5.41, 5.74) is -5.29. The Labute approximate surface area is 168 Å². The third kappa shape index (κ3) is 5.59. The summed E-state index contributed by atoms with van der Waals surface area (Å²) in [5, 5.41) is 13.1. The number of amides is 1. The van der Waals surface area contributed by atoms with Gasteiger partial charge < -0.3 is 15.4 Å². The summed E-state index contributed by atoms with van der Waals surface area (Å²) in [6.45, 7) is -0.649. The molecule has 0 aromatic heterocycles. The maximum atomic E-state index is 13.0. The Morgan fingerprint density at radius 1 is 0.967 bits per heavy atom. The number of benzene rings is 2. The van der Waals surface area contributed by atoms with Crippen molar-refractivity contribution in [1.82, 2.24) is 5.32 Å². The number of hydrogen-bond donors (Lipinski definition) is 2. The van der Waals surface area contributed by atoms with Gasteiger partial charge in [0.15, 0.2) is 5.60 Å². The van der Waals surface area contributed by atoms with Gasteiger partial charge in [0.1, 0.15) is 0 Å². The van der Waals surface area contributed by atoms with Crippen molar-refractivity contribution in [3.05, 3.63) is 70.8 Å². The predicted octanol–water partition coefficient (Wildman–Crippen LogP) is 4.32. The Kier molecular flexibility index (Phi) is 6.91. The average molecular weight is 432 g/mol. The second kappa shape index (κ2) is 8.86. The van der Waals surface area contributed by atoms with E-state index in [1.54, 1.807) is 18.2 Å². The molecule has 0 saturated carbocycles. The highest BCUT2D eigenvalue weighted by Crippen LogP contribution is 2.36. The molecule has 162 valence electrons. The van der Waals surface area contributed by atoms with Crippen molar-refractivity contribution in [1.29, 1.82) is 0 Å². The van der Waals surface area contributed by atoms with Gasteiger partial charge in [0, 0.05) is 26.2 Å². The lowest BCUT2D eigenvalue weighted by Crippen LogP contribution is -2.44. The lowest BCUT2D eigenvalue weighted by atomic mass is 9.89. The molecule has 2 N–H and O–H groups in total. The highest BCUT2D eigenvalue weighted by molar-refractivity contribution is 5.89. The first-order valence-corrected chi connectivity index (χ1v) is 8.63. The Hall–Kier alpha value is -2.88. The minimum absolute atomic E-state index is 0.00332. The molecule has 30 heavy (non-hydrogen) atoms. The van der Waals surface area contributed by atoms with E-state index in [1.165, 1.54) is 25.4 Å². The van der Waals surface area contributed by atoms with Crippen LogP contribution in [0.25, 0.3) is 0 Å². The number of alkyl halides is 6. The van der Waals surface area contributed by atoms with Crippen LogP contribution in [0.3, 0.4) is 0 Å². The second-order valence-corrected chi connectivity index (χ2v) is 6.47. The van der Waals surface area contributed by atoms with Crippen LogP contribution < -0.4 is 5.32 Å². The van der Waals surface area contributed by atoms with Crippen LogP contribution in [0.15, 0.2) is 53.5 Å². The van der Waals surface area contributed by atoms with Gasteiger partial charge in [-0.15, -0.1) is 0 Å². The van der Waals surface area contributed by atoms with E-state index in [1.807, 2.05) is 0 Å². The number of halogens is 6. The molecule has 0 spiro atoms. The first kappa shape index (κ1) is 23.4. The van der Waals surface area contributed by atoms with Crippen LogP contribution in [0.4, 0.5) is 26.3 Å². The van der Waals surface area contributed by atoms with Crippen LogP contribution in [-0.2, 0) is 29.3 Å². The standard InChI is InChI=1S/C20H18F6N2O2/c1-27-8-7-18(30,14-5-3-2-4-6-14)17(29)28-12-13-9-15(19(21,22)23)11-16(10-13)20(24,25)26/h2-6,8-11,30H,7,12H2,1H3,(H,28,29). The number of nitrogens with one attached hydrogen (secondary N) is 1. The van der Waals surface area contributed by atoms with Crippen molar-refractivity contribution in [2.75, 3.05) is 7.05 Å². The van der Waals surface area contributed by atoms with Crippen molar-refractivity contribution in [3.8, 4) is 0 Å². The molecule has 2 aromatic carbocycles. The summed E-state index contributed by atoms with van der Waals surface area (Å²) in [6, 6.07) is 8.76. The van der Waals surface area contributed by atoms with E-state index in [9.17, 15) is 36.2 Å². The molecule has 0 aliphatic carbocycles. The van der Waals surface area contributed by atoms with E-state index in [-0.39, 0.29) is 18.1 Å². The molecule has 0 bridgehead atoms. The van der Waals surface area contributed by atoms with Gasteiger partial charge in [0.2, 0.25) is 0 Å². The average Bonchev–Trinajstić information content (AvgIpc) is 2.69. The minimum atomic E-state index is -5.00. The molecule has 0 saturated heterocycles. The van der Waals surface area contributed by atoms with Gasteiger partial charge in [-0.1, -0.05) is 30.3 Å². The molecule has 2 aromatic rings. The summed E-state index contributed by atoms with van der Waals surface area (Å²) in [6.07, 6.45) is -8.96. The van der Waals surface area contributed by atoms with Gasteiger partial charge in [-0.3, -0.25) is 4.79 Å². The molecule has 1 atom stereocenters. The largest absolute Gasteiger partial charge is 0.416 e. The Morgan fingerprint density at radius 2 is 1.50 bits per heavy atom. The molecule has 10 heteroatoms. The number of carbonyl (C=O) groups is 1. The van der Waals surface area contributed by atoms with E-state index in [4.69, 9.17) is 0 Å². The van der Waals surface area contributed by atoms with E-state index < -0.39 is 47.1 Å². The number of aliphatic hydroxyl groups is 1. The van der Waals surface area contributed by atoms with Crippen molar-refractivity contribution >= 4 is 12.1 Å². The highest BCUT2D eigenvalue weighted by Gasteiger charge is 2.38. The van der Waals surface area contributed by atoms with Gasteiger partial charge in [-0.25, -0.2) is 0 Å². The van der Waals surface area contributed by atoms with Crippen LogP contribution in [0.2, 0.25) is 0 Å². The number of aliphatic imine (C=N–C) groups is 1. The Balaban J connectivity index is 2.33. The van der Waals surface area contributed by atoms with Crippen LogP contribution >= 0.6 is 0 Å². The number of rotatable bonds is 6. The fourth-order valence-corrected chi connectivity index (χ4v) is 2.73. The second-order valence-electron chi connectivity index (χ2n) is 6.47. The molecule has 1 unspecified atom stereocenters. The fraction of sp³-hybridized carbons (Fsp3) is 0.300. The Bertz CT molecular complexity index is 877. The van der Waals surface area contributed by atoms with Crippen molar-refractivity contribution in [3.63, 3.8) is 0 Å². The molecular formula is C20H18F6N2O2. The molecule has 0 aliphatic heterocycles. The summed E-state index contributed by atoms with van der Waals surface area (Å²) in [7, 11) is 1.42. The SMILES string of the molecule is CN=CCC(O)(C(=O)NCc1cc(C(F)(F)F)cc(C(F)(F)F)c1)c1ccccc1. The zero-order chi connectivity index (χ0) is 22.6. The van der Waals surface area contributed by atoms with E-state index >= 15 is 0 Å². The van der Waals surface area contributed by atoms with Gasteiger partial charge in [0.05, 0.1) is 11.1 Å². The molecule has 0 heterocycles. The summed E-state index contributed by atoms with van der Waals surface area (Å²) >= 11 is 0. The number of hydrogen-bond acceptors (Lipinski definition) is 3. The van der Waals surface area contributed by atoms with Gasteiger partial charge >= 0.3 is 12.4 Å². The topological polar surface area (TPSA) is 61.7 Å². The summed E-state index contributed by atoms with van der Waals surface area (Å²) < 4.78 is 77.9. The third-order valence-electron chi connectivity index (χ3n) is 4.30. The maximum absolute atomic E-state index is 13.0. The Morgan fingerprint density at radius 3 is 1.97 bits per heavy atom. The molecule has 1 amide bonds. The van der Waals surface area contributed by atoms with Crippen molar-refractivity contribution < 1.29 is 36.2 Å². The zero-order valence-electron chi connectivity index (χ0n) is 15.7. The minimum Gasteiger partial charge on any atom is -0.375 e.